The molecule has 0 amide bonds. The van der Waals surface area contributed by atoms with Crippen molar-refractivity contribution >= 4 is 0 Å². The van der Waals surface area contributed by atoms with Crippen LogP contribution in [0.5, 0.6) is 0 Å². The number of methoxy groups -OCH3 is 1. The predicted molar refractivity (Wildman–Crippen MR) is 51.7 cm³/mol. The van der Waals surface area contributed by atoms with Crippen LogP contribution in [0.3, 0.4) is 0 Å². The highest BCUT2D eigenvalue weighted by atomic mass is 16.5. The first-order valence-corrected chi connectivity index (χ1v) is 4.45. The molecular weight excluding hydrogens is 170 g/mol. The van der Waals surface area contributed by atoms with Gasteiger partial charge in [0.05, 0.1) is 6.73 Å². The summed E-state index contributed by atoms with van der Waals surface area (Å²) in [6.07, 6.45) is 0.962. The third-order valence-corrected chi connectivity index (χ3v) is 1.90. The van der Waals surface area contributed by atoms with Gasteiger partial charge in [0.2, 0.25) is 0 Å². The van der Waals surface area contributed by atoms with Crippen LogP contribution < -0.4 is 11.2 Å². The molecule has 4 N–H and O–H groups in total. The summed E-state index contributed by atoms with van der Waals surface area (Å²) in [7, 11) is 3.29. The van der Waals surface area contributed by atoms with Gasteiger partial charge in [0, 0.05) is 20.2 Å². The quantitative estimate of drug-likeness (QED) is 0.287. The molecule has 5 nitrogen and oxygen atoms in total. The van der Waals surface area contributed by atoms with Gasteiger partial charge in [-0.3, -0.25) is 11.2 Å². The highest BCUT2D eigenvalue weighted by Crippen LogP contribution is 2.01. The van der Waals surface area contributed by atoms with Gasteiger partial charge >= 0.3 is 0 Å². The first-order chi connectivity index (χ1) is 6.07. The predicted octanol–water partition coefficient (Wildman–Crippen LogP) is -0.527. The van der Waals surface area contributed by atoms with Crippen molar-refractivity contribution < 1.29 is 9.84 Å². The van der Waals surface area contributed by atoms with E-state index in [1.807, 2.05) is 6.92 Å². The highest BCUT2D eigenvalue weighted by Gasteiger charge is 2.09. The van der Waals surface area contributed by atoms with Gasteiger partial charge in [0.25, 0.3) is 0 Å². The van der Waals surface area contributed by atoms with Crippen molar-refractivity contribution in [3.05, 3.63) is 0 Å². The van der Waals surface area contributed by atoms with E-state index in [9.17, 15) is 5.11 Å². The van der Waals surface area contributed by atoms with E-state index in [2.05, 4.69) is 5.32 Å². The lowest BCUT2D eigenvalue weighted by Crippen LogP contribution is -2.38. The Bertz CT molecular complexity index is 122. The number of hydrogen-bond donors (Lipinski definition) is 3. The van der Waals surface area contributed by atoms with Gasteiger partial charge < -0.3 is 9.84 Å². The van der Waals surface area contributed by atoms with E-state index < -0.39 is 6.23 Å². The number of hydrogen-bond acceptors (Lipinski definition) is 5. The molecule has 80 valence electrons. The largest absolute Gasteiger partial charge is 0.377 e. The summed E-state index contributed by atoms with van der Waals surface area (Å²) in [5, 5.41) is 13.8. The van der Waals surface area contributed by atoms with Crippen LogP contribution in [0, 0.1) is 0 Å². The van der Waals surface area contributed by atoms with Gasteiger partial charge in [-0.15, -0.1) is 0 Å². The zero-order valence-corrected chi connectivity index (χ0v) is 8.66. The average Bonchev–Trinajstić information content (AvgIpc) is 2.10. The van der Waals surface area contributed by atoms with Gasteiger partial charge in [-0.25, -0.2) is 5.01 Å². The van der Waals surface area contributed by atoms with Gasteiger partial charge in [0.15, 0.2) is 0 Å². The van der Waals surface area contributed by atoms with Crippen LogP contribution in [0.15, 0.2) is 0 Å². The third kappa shape index (κ3) is 6.92. The fourth-order valence-corrected chi connectivity index (χ4v) is 0.930. The first-order valence-electron chi connectivity index (χ1n) is 4.45. The Hall–Kier alpha value is -0.200. The van der Waals surface area contributed by atoms with Crippen LogP contribution in [0.25, 0.3) is 0 Å². The molecule has 0 aliphatic heterocycles. The van der Waals surface area contributed by atoms with Gasteiger partial charge in [-0.2, -0.15) is 0 Å². The topological polar surface area (TPSA) is 70.8 Å². The van der Waals surface area contributed by atoms with Crippen molar-refractivity contribution in [1.82, 2.24) is 10.3 Å². The number of nitrogens with zero attached hydrogens (tertiary/aromatic N) is 1. The van der Waals surface area contributed by atoms with Crippen LogP contribution in [0.1, 0.15) is 19.8 Å². The molecule has 5 heteroatoms. The van der Waals surface area contributed by atoms with Crippen molar-refractivity contribution in [3.8, 4) is 0 Å². The summed E-state index contributed by atoms with van der Waals surface area (Å²) in [6.45, 7) is 2.58. The number of ether oxygens (including phenoxy) is 1. The monoisotopic (exact) mass is 191 g/mol. The second kappa shape index (κ2) is 7.23. The maximum atomic E-state index is 9.34. The Labute approximate surface area is 79.8 Å². The summed E-state index contributed by atoms with van der Waals surface area (Å²) in [5.74, 6) is 5.36. The Morgan fingerprint density at radius 3 is 2.62 bits per heavy atom. The van der Waals surface area contributed by atoms with Crippen molar-refractivity contribution in [3.63, 3.8) is 0 Å². The molecule has 0 rings (SSSR count). The Morgan fingerprint density at radius 1 is 1.54 bits per heavy atom. The molecule has 0 aliphatic rings. The molecule has 0 aromatic heterocycles. The second-order valence-electron chi connectivity index (χ2n) is 3.26. The molecule has 0 saturated carbocycles. The summed E-state index contributed by atoms with van der Waals surface area (Å²) in [5.41, 5.74) is 0. The van der Waals surface area contributed by atoms with Crippen molar-refractivity contribution in [2.24, 2.45) is 5.84 Å². The van der Waals surface area contributed by atoms with Gasteiger partial charge in [0.1, 0.15) is 6.23 Å². The average molecular weight is 191 g/mol. The van der Waals surface area contributed by atoms with Crippen molar-refractivity contribution in [2.75, 3.05) is 20.9 Å². The fraction of sp³-hybridized carbons (Fsp3) is 1.00. The minimum atomic E-state index is -0.563. The van der Waals surface area contributed by atoms with Crippen LogP contribution in [0.2, 0.25) is 0 Å². The van der Waals surface area contributed by atoms with E-state index in [0.717, 1.165) is 6.42 Å². The zero-order chi connectivity index (χ0) is 10.3. The maximum Gasteiger partial charge on any atom is 0.119 e. The Kier molecular flexibility index (Phi) is 7.12. The number of nitrogens with two attached hydrogens (primary N) is 1. The summed E-state index contributed by atoms with van der Waals surface area (Å²) >= 11 is 0. The van der Waals surface area contributed by atoms with Crippen LogP contribution >= 0.6 is 0 Å². The third-order valence-electron chi connectivity index (χ3n) is 1.90. The van der Waals surface area contributed by atoms with E-state index >= 15 is 0 Å². The number of rotatable bonds is 7. The van der Waals surface area contributed by atoms with E-state index in [1.165, 1.54) is 5.01 Å². The molecule has 0 spiro atoms. The van der Waals surface area contributed by atoms with Crippen molar-refractivity contribution in [1.29, 1.82) is 0 Å². The van der Waals surface area contributed by atoms with Crippen LogP contribution in [0.4, 0.5) is 0 Å². The van der Waals surface area contributed by atoms with E-state index in [-0.39, 0.29) is 0 Å². The van der Waals surface area contributed by atoms with E-state index in [4.69, 9.17) is 10.6 Å². The summed E-state index contributed by atoms with van der Waals surface area (Å²) in [6, 6.07) is 0.328. The highest BCUT2D eigenvalue weighted by molar-refractivity contribution is 4.60. The molecule has 0 aromatic rings. The van der Waals surface area contributed by atoms with Crippen LogP contribution in [-0.4, -0.2) is 43.3 Å². The Morgan fingerprint density at radius 2 is 2.15 bits per heavy atom. The molecule has 0 heterocycles. The number of nitrogens with one attached hydrogen (secondary N) is 1. The second-order valence-corrected chi connectivity index (χ2v) is 3.26. The molecule has 0 saturated heterocycles. The zero-order valence-electron chi connectivity index (χ0n) is 8.66. The molecule has 0 bridgehead atoms. The van der Waals surface area contributed by atoms with E-state index in [0.29, 0.717) is 19.2 Å². The number of aliphatic hydroxyl groups is 1. The molecule has 0 radical (unpaired) electrons. The normalized spacial score (nSPS) is 16.2. The van der Waals surface area contributed by atoms with E-state index in [1.54, 1.807) is 14.2 Å². The molecule has 2 atom stereocenters. The lowest BCUT2D eigenvalue weighted by molar-refractivity contribution is 0.0113. The smallest absolute Gasteiger partial charge is 0.119 e. The van der Waals surface area contributed by atoms with Gasteiger partial charge in [-0.05, 0) is 19.8 Å². The number of aliphatic hydroxyl groups excluding tert-OH is 1. The first kappa shape index (κ1) is 12.8. The number of hydrazine groups is 1. The molecule has 2 unspecified atom stereocenters. The van der Waals surface area contributed by atoms with Crippen molar-refractivity contribution in [2.45, 2.75) is 32.0 Å². The van der Waals surface area contributed by atoms with Crippen LogP contribution in [-0.2, 0) is 4.74 Å². The SMILES string of the molecule is COCNC(C)CCC(O)N(C)N. The minimum Gasteiger partial charge on any atom is -0.377 e. The molecule has 0 aliphatic carbocycles. The van der Waals surface area contributed by atoms with Gasteiger partial charge in [-0.1, -0.05) is 0 Å². The standard InChI is InChI=1S/C8H21N3O2/c1-7(10-6-13-3)4-5-8(12)11(2)9/h7-8,10,12H,4-6,9H2,1-3H3. The lowest BCUT2D eigenvalue weighted by Gasteiger charge is -2.20. The lowest BCUT2D eigenvalue weighted by atomic mass is 10.1. The summed E-state index contributed by atoms with van der Waals surface area (Å²) < 4.78 is 4.86. The Balaban J connectivity index is 3.40. The molecular formula is C8H21N3O2. The maximum absolute atomic E-state index is 9.34. The minimum absolute atomic E-state index is 0.328. The molecule has 0 fully saturated rings. The molecule has 0 aromatic carbocycles. The molecule has 13 heavy (non-hydrogen) atoms. The fourth-order valence-electron chi connectivity index (χ4n) is 0.930. The summed E-state index contributed by atoms with van der Waals surface area (Å²) in [4.78, 5) is 0.